The molecule has 0 unspecified atom stereocenters. The Labute approximate surface area is 319 Å². The fourth-order valence-corrected chi connectivity index (χ4v) is 12.2. The molecule has 2 N–H and O–H groups in total. The second kappa shape index (κ2) is 20.6. The van der Waals surface area contributed by atoms with Gasteiger partial charge in [-0.05, 0) is 90.0 Å². The maximum Gasteiger partial charge on any atom is 2.00 e. The van der Waals surface area contributed by atoms with Crippen molar-refractivity contribution in [1.82, 2.24) is 0 Å². The van der Waals surface area contributed by atoms with Crippen molar-refractivity contribution < 1.29 is 29.9 Å². The van der Waals surface area contributed by atoms with Crippen molar-refractivity contribution in [2.45, 2.75) is 141 Å². The van der Waals surface area contributed by atoms with Gasteiger partial charge in [0.15, 0.2) is 0 Å². The first kappa shape index (κ1) is 42.0. The van der Waals surface area contributed by atoms with Crippen molar-refractivity contribution in [1.29, 1.82) is 0 Å². The molecule has 5 rings (SSSR count). The van der Waals surface area contributed by atoms with Gasteiger partial charge in [-0.15, -0.1) is 0 Å². The molecule has 3 nitrogen and oxygen atoms in total. The second-order valence-electron chi connectivity index (χ2n) is 14.8. The molecule has 2 saturated carbocycles. The number of rotatable bonds is 11. The van der Waals surface area contributed by atoms with Crippen LogP contribution in [0.4, 0.5) is 0 Å². The fourth-order valence-electron chi connectivity index (χ4n) is 7.81. The van der Waals surface area contributed by atoms with E-state index in [-0.39, 0.29) is 20.4 Å². The van der Waals surface area contributed by atoms with E-state index in [1.807, 2.05) is 44.6 Å². The molecular formula is C43H62ClNO2PPd+. The van der Waals surface area contributed by atoms with Gasteiger partial charge in [-0.3, -0.25) is 0 Å². The number of ether oxygens (including phenoxy) is 2. The van der Waals surface area contributed by atoms with Crippen molar-refractivity contribution >= 4 is 24.8 Å². The quantitative estimate of drug-likeness (QED) is 0.119. The van der Waals surface area contributed by atoms with E-state index in [1.54, 1.807) is 0 Å². The molecule has 0 heterocycles. The molecule has 272 valence electrons. The van der Waals surface area contributed by atoms with Crippen LogP contribution in [0.5, 0.6) is 11.5 Å². The van der Waals surface area contributed by atoms with Gasteiger partial charge in [-0.1, -0.05) is 112 Å². The smallest absolute Gasteiger partial charge is 0.496 e. The number of hydrogen-bond acceptors (Lipinski definition) is 3. The molecule has 0 radical (unpaired) electrons. The molecular weight excluding hydrogens is 735 g/mol. The summed E-state index contributed by atoms with van der Waals surface area (Å²) < 4.78 is 12.6. The Bertz CT molecular complexity index is 1380. The summed E-state index contributed by atoms with van der Waals surface area (Å²) in [5, 5.41) is 2.10. The summed E-state index contributed by atoms with van der Waals surface area (Å²) >= 11 is 7.07. The molecule has 0 spiro atoms. The van der Waals surface area contributed by atoms with Gasteiger partial charge in [0.2, 0.25) is 0 Å². The van der Waals surface area contributed by atoms with Gasteiger partial charge in [-0.25, -0.2) is 0 Å². The van der Waals surface area contributed by atoms with Crippen molar-refractivity contribution in [3.8, 4) is 22.6 Å². The Morgan fingerprint density at radius 1 is 0.776 bits per heavy atom. The summed E-state index contributed by atoms with van der Waals surface area (Å²) in [7, 11) is 3.17. The Morgan fingerprint density at radius 2 is 1.33 bits per heavy atom. The van der Waals surface area contributed by atoms with Gasteiger partial charge in [0.1, 0.15) is 11.5 Å². The third-order valence-electron chi connectivity index (χ3n) is 10.4. The summed E-state index contributed by atoms with van der Waals surface area (Å²) in [4.78, 5) is 0. The zero-order valence-corrected chi connectivity index (χ0v) is 34.7. The zero-order valence-electron chi connectivity index (χ0n) is 31.4. The molecule has 0 aliphatic heterocycles. The van der Waals surface area contributed by atoms with Crippen LogP contribution < -0.4 is 20.5 Å². The predicted molar refractivity (Wildman–Crippen MR) is 211 cm³/mol. The number of benzene rings is 3. The second-order valence-corrected chi connectivity index (χ2v) is 17.9. The van der Waals surface area contributed by atoms with Crippen LogP contribution in [0.25, 0.3) is 11.1 Å². The first-order chi connectivity index (χ1) is 23.1. The SMILES string of the molecule is COc1cc(Cl)c(OC)c(P(C2CCCCC2)C2CCCCC2)c1-c1c(C(C)C)cc(C(C)C)cc1C(C)C.NCCc1[c-]cccc1.[Pd+2]. The van der Waals surface area contributed by atoms with Crippen LogP contribution in [0, 0.1) is 6.07 Å². The Balaban J connectivity index is 0.000000564. The molecule has 2 aliphatic carbocycles. The van der Waals surface area contributed by atoms with Crippen LogP contribution in [0.3, 0.4) is 0 Å². The topological polar surface area (TPSA) is 44.5 Å². The van der Waals surface area contributed by atoms with Crippen LogP contribution >= 0.6 is 19.5 Å². The van der Waals surface area contributed by atoms with Crippen LogP contribution in [0.2, 0.25) is 5.02 Å². The minimum absolute atomic E-state index is 0. The molecule has 0 aromatic heterocycles. The van der Waals surface area contributed by atoms with Gasteiger partial charge in [-0.2, -0.15) is 35.9 Å². The summed E-state index contributed by atoms with van der Waals surface area (Å²) in [6, 6.07) is 18.0. The van der Waals surface area contributed by atoms with Gasteiger partial charge in [0.25, 0.3) is 0 Å². The van der Waals surface area contributed by atoms with E-state index < -0.39 is 7.92 Å². The number of nitrogens with two attached hydrogens (primary N) is 1. The number of hydrogen-bond donors (Lipinski definition) is 1. The van der Waals surface area contributed by atoms with Crippen LogP contribution in [0.15, 0.2) is 42.5 Å². The fraction of sp³-hybridized carbons (Fsp3) is 0.581. The average Bonchev–Trinajstić information content (AvgIpc) is 3.09. The van der Waals surface area contributed by atoms with E-state index in [0.717, 1.165) is 29.2 Å². The van der Waals surface area contributed by atoms with Crippen LogP contribution in [0.1, 0.15) is 146 Å². The number of methoxy groups -OCH3 is 2. The largest absolute Gasteiger partial charge is 2.00 e. The maximum atomic E-state index is 7.07. The molecule has 3 aromatic carbocycles. The zero-order chi connectivity index (χ0) is 34.8. The summed E-state index contributed by atoms with van der Waals surface area (Å²) in [6.45, 7) is 14.7. The van der Waals surface area contributed by atoms with E-state index in [0.29, 0.717) is 29.3 Å². The third-order valence-corrected chi connectivity index (χ3v) is 14.2. The van der Waals surface area contributed by atoms with E-state index in [1.165, 1.54) is 103 Å². The van der Waals surface area contributed by atoms with E-state index in [4.69, 9.17) is 26.8 Å². The molecule has 49 heavy (non-hydrogen) atoms. The summed E-state index contributed by atoms with van der Waals surface area (Å²) in [5.74, 6) is 3.09. The molecule has 6 heteroatoms. The van der Waals surface area contributed by atoms with Crippen LogP contribution in [-0.2, 0) is 26.8 Å². The molecule has 0 saturated heterocycles. The monoisotopic (exact) mass is 796 g/mol. The number of halogens is 1. The van der Waals surface area contributed by atoms with Gasteiger partial charge < -0.3 is 15.2 Å². The standard InChI is InChI=1S/C35H52ClO2P.C8H10N.Pd/c1-22(2)25-19-28(23(3)4)32(29(20-25)24(5)6)33-31(37-7)21-30(36)34(38-8)35(33)39(26-15-11-9-12-16-26)27-17-13-10-14-18-27;9-7-6-8-4-2-1-3-5-8;/h19-24,26-27H,9-18H2,1-8H3;1-4H,6-7,9H2;/q;-1;+2. The Morgan fingerprint density at radius 3 is 1.73 bits per heavy atom. The Hall–Kier alpha value is -1.40. The van der Waals surface area contributed by atoms with E-state index in [9.17, 15) is 0 Å². The van der Waals surface area contributed by atoms with Crippen LogP contribution in [-0.4, -0.2) is 32.1 Å². The first-order valence-corrected chi connectivity index (χ1v) is 20.5. The van der Waals surface area contributed by atoms with Crippen molar-refractivity contribution in [2.75, 3.05) is 20.8 Å². The summed E-state index contributed by atoms with van der Waals surface area (Å²) in [5.41, 5.74) is 14.9. The van der Waals surface area contributed by atoms with E-state index >= 15 is 0 Å². The predicted octanol–water partition coefficient (Wildman–Crippen LogP) is 12.2. The van der Waals surface area contributed by atoms with E-state index in [2.05, 4.69) is 59.7 Å². The average molecular weight is 798 g/mol. The molecule has 2 fully saturated rings. The minimum Gasteiger partial charge on any atom is -0.496 e. The first-order valence-electron chi connectivity index (χ1n) is 18.7. The summed E-state index contributed by atoms with van der Waals surface area (Å²) in [6.07, 6.45) is 14.4. The minimum atomic E-state index is -0.474. The van der Waals surface area contributed by atoms with Gasteiger partial charge >= 0.3 is 20.4 Å². The van der Waals surface area contributed by atoms with Crippen molar-refractivity contribution in [3.63, 3.8) is 0 Å². The molecule has 0 amide bonds. The van der Waals surface area contributed by atoms with Crippen molar-refractivity contribution in [2.24, 2.45) is 5.73 Å². The van der Waals surface area contributed by atoms with Gasteiger partial charge in [0, 0.05) is 16.9 Å². The maximum absolute atomic E-state index is 7.07. The molecule has 3 aromatic rings. The van der Waals surface area contributed by atoms with Crippen molar-refractivity contribution in [3.05, 3.63) is 75.8 Å². The third kappa shape index (κ3) is 10.6. The normalized spacial score (nSPS) is 15.7. The Kier molecular flexibility index (Phi) is 17.7. The molecule has 0 atom stereocenters. The molecule has 2 aliphatic rings. The molecule has 0 bridgehead atoms. The van der Waals surface area contributed by atoms with Gasteiger partial charge in [0.05, 0.1) is 19.2 Å².